The fourth-order valence-electron chi connectivity index (χ4n) is 2.58. The molecule has 0 saturated carbocycles. The summed E-state index contributed by atoms with van der Waals surface area (Å²) < 4.78 is 5.04. The van der Waals surface area contributed by atoms with Crippen LogP contribution in [0, 0.1) is 0 Å². The number of nitrogens with zero attached hydrogens (tertiary/aromatic N) is 1. The average molecular weight is 350 g/mol. The summed E-state index contributed by atoms with van der Waals surface area (Å²) in [6.45, 7) is 3.26. The number of ketones is 1. The number of hydrogen-bond acceptors (Lipinski definition) is 4. The number of hydrogen-bond donors (Lipinski definition) is 0. The minimum atomic E-state index is -0.300. The second-order valence-electron chi connectivity index (χ2n) is 5.24. The quantitative estimate of drug-likeness (QED) is 0.782. The number of thiophene rings is 1. The van der Waals surface area contributed by atoms with Gasteiger partial charge in [0.1, 0.15) is 0 Å². The van der Waals surface area contributed by atoms with Gasteiger partial charge in [-0.25, -0.2) is 4.79 Å². The number of ether oxygens (including phenoxy) is 1. The van der Waals surface area contributed by atoms with Gasteiger partial charge in [-0.05, 0) is 37.1 Å². The number of carbonyl (C=O) groups excluding carboxylic acids is 2. The molecule has 0 saturated heterocycles. The molecule has 0 radical (unpaired) electrons. The minimum absolute atomic E-state index is 0.0716. The lowest BCUT2D eigenvalue weighted by Gasteiger charge is -2.25. The topological polar surface area (TPSA) is 46.6 Å². The van der Waals surface area contributed by atoms with Crippen molar-refractivity contribution in [3.63, 3.8) is 0 Å². The van der Waals surface area contributed by atoms with Crippen molar-refractivity contribution >= 4 is 34.8 Å². The van der Waals surface area contributed by atoms with Gasteiger partial charge in [0.2, 0.25) is 5.78 Å². The van der Waals surface area contributed by atoms with E-state index in [9.17, 15) is 9.59 Å². The lowest BCUT2D eigenvalue weighted by atomic mass is 10.1. The zero-order valence-electron chi connectivity index (χ0n) is 12.7. The summed E-state index contributed by atoms with van der Waals surface area (Å²) in [5.41, 5.74) is 1.64. The van der Waals surface area contributed by atoms with Crippen molar-refractivity contribution in [2.45, 2.75) is 19.9 Å². The molecule has 6 heteroatoms. The Kier molecular flexibility index (Phi) is 4.68. The highest BCUT2D eigenvalue weighted by molar-refractivity contribution is 7.14. The summed E-state index contributed by atoms with van der Waals surface area (Å²) in [6, 6.07) is 8.97. The number of benzene rings is 1. The molecule has 0 spiro atoms. The van der Waals surface area contributed by atoms with E-state index in [0.29, 0.717) is 35.2 Å². The molecule has 0 fully saturated rings. The molecule has 0 bridgehead atoms. The van der Waals surface area contributed by atoms with Crippen LogP contribution in [0.2, 0.25) is 5.02 Å². The summed E-state index contributed by atoms with van der Waals surface area (Å²) in [5, 5.41) is 0.456. The van der Waals surface area contributed by atoms with Crippen molar-refractivity contribution in [3.8, 4) is 0 Å². The highest BCUT2D eigenvalue weighted by Gasteiger charge is 2.25. The molecule has 120 valence electrons. The second kappa shape index (κ2) is 6.72. The van der Waals surface area contributed by atoms with Crippen molar-refractivity contribution < 1.29 is 14.3 Å². The molecular weight excluding hydrogens is 334 g/mol. The fourth-order valence-corrected chi connectivity index (χ4v) is 3.98. The summed E-state index contributed by atoms with van der Waals surface area (Å²) in [7, 11) is 0. The van der Waals surface area contributed by atoms with Gasteiger partial charge in [-0.1, -0.05) is 23.7 Å². The van der Waals surface area contributed by atoms with Crippen LogP contribution in [0.3, 0.4) is 0 Å². The van der Waals surface area contributed by atoms with Crippen LogP contribution in [0.15, 0.2) is 30.3 Å². The van der Waals surface area contributed by atoms with Crippen LogP contribution in [0.25, 0.3) is 0 Å². The third-order valence-electron chi connectivity index (χ3n) is 3.75. The molecule has 0 N–H and O–H groups in total. The molecule has 2 heterocycles. The van der Waals surface area contributed by atoms with E-state index in [-0.39, 0.29) is 11.9 Å². The van der Waals surface area contributed by atoms with Crippen molar-refractivity contribution in [1.29, 1.82) is 0 Å². The highest BCUT2D eigenvalue weighted by atomic mass is 35.5. The summed E-state index contributed by atoms with van der Waals surface area (Å²) in [6.07, 6.45) is 0.436. The van der Waals surface area contributed by atoms with Crippen molar-refractivity contribution in [1.82, 2.24) is 4.90 Å². The van der Waals surface area contributed by atoms with E-state index in [4.69, 9.17) is 16.3 Å². The number of halogens is 1. The van der Waals surface area contributed by atoms with Crippen LogP contribution in [0.5, 0.6) is 0 Å². The lowest BCUT2D eigenvalue weighted by molar-refractivity contribution is 0.102. The van der Waals surface area contributed by atoms with E-state index in [1.165, 1.54) is 11.3 Å². The van der Waals surface area contributed by atoms with Crippen LogP contribution in [-0.4, -0.2) is 29.9 Å². The first kappa shape index (κ1) is 16.0. The predicted molar refractivity (Wildman–Crippen MR) is 90.3 cm³/mol. The van der Waals surface area contributed by atoms with E-state index in [2.05, 4.69) is 0 Å². The van der Waals surface area contributed by atoms with Gasteiger partial charge in [0.15, 0.2) is 0 Å². The summed E-state index contributed by atoms with van der Waals surface area (Å²) >= 11 is 7.54. The number of rotatable bonds is 3. The summed E-state index contributed by atoms with van der Waals surface area (Å²) in [4.78, 5) is 27.8. The largest absolute Gasteiger partial charge is 0.450 e. The second-order valence-corrected chi connectivity index (χ2v) is 6.78. The Balaban J connectivity index is 1.82. The maximum Gasteiger partial charge on any atom is 0.410 e. The van der Waals surface area contributed by atoms with E-state index in [1.807, 2.05) is 6.07 Å². The first-order valence-corrected chi connectivity index (χ1v) is 8.62. The van der Waals surface area contributed by atoms with Gasteiger partial charge in [-0.15, -0.1) is 11.3 Å². The molecule has 3 rings (SSSR count). The Morgan fingerprint density at radius 3 is 2.87 bits per heavy atom. The zero-order valence-corrected chi connectivity index (χ0v) is 14.2. The maximum atomic E-state index is 12.6. The third-order valence-corrected chi connectivity index (χ3v) is 5.24. The van der Waals surface area contributed by atoms with Gasteiger partial charge in [-0.2, -0.15) is 0 Å². The molecule has 1 aliphatic heterocycles. The smallest absolute Gasteiger partial charge is 0.410 e. The Morgan fingerprint density at radius 1 is 1.35 bits per heavy atom. The van der Waals surface area contributed by atoms with Gasteiger partial charge >= 0.3 is 6.09 Å². The normalized spacial score (nSPS) is 13.6. The van der Waals surface area contributed by atoms with Crippen molar-refractivity contribution in [3.05, 3.63) is 56.2 Å². The third kappa shape index (κ3) is 3.26. The molecule has 0 aliphatic carbocycles. The zero-order chi connectivity index (χ0) is 16.4. The van der Waals surface area contributed by atoms with Crippen LogP contribution in [-0.2, 0) is 17.7 Å². The van der Waals surface area contributed by atoms with E-state index in [0.717, 1.165) is 16.9 Å². The molecule has 0 unspecified atom stereocenters. The van der Waals surface area contributed by atoms with Crippen molar-refractivity contribution in [2.24, 2.45) is 0 Å². The summed E-state index contributed by atoms with van der Waals surface area (Å²) in [5.74, 6) is -0.0716. The number of carbonyl (C=O) groups is 2. The molecule has 2 aromatic rings. The maximum absolute atomic E-state index is 12.6. The Morgan fingerprint density at radius 2 is 2.13 bits per heavy atom. The molecule has 1 aromatic carbocycles. The molecule has 1 amide bonds. The van der Waals surface area contributed by atoms with E-state index in [1.54, 1.807) is 36.1 Å². The monoisotopic (exact) mass is 349 g/mol. The average Bonchev–Trinajstić information content (AvgIpc) is 2.98. The van der Waals surface area contributed by atoms with Crippen LogP contribution >= 0.6 is 22.9 Å². The number of fused-ring (bicyclic) bond motifs is 1. The van der Waals surface area contributed by atoms with Gasteiger partial charge < -0.3 is 9.64 Å². The molecule has 1 aliphatic rings. The standard InChI is InChI=1S/C17H16ClNO3S/c1-2-22-17(21)19-8-7-11-9-14(23-15(11)10-19)16(20)12-5-3-4-6-13(12)18/h3-6,9H,2,7-8,10H2,1H3. The van der Waals surface area contributed by atoms with Crippen molar-refractivity contribution in [2.75, 3.05) is 13.2 Å². The van der Waals surface area contributed by atoms with Crippen LogP contribution in [0.4, 0.5) is 4.79 Å². The van der Waals surface area contributed by atoms with Gasteiger partial charge in [0, 0.05) is 17.0 Å². The van der Waals surface area contributed by atoms with Crippen LogP contribution in [0.1, 0.15) is 32.6 Å². The molecule has 1 aromatic heterocycles. The highest BCUT2D eigenvalue weighted by Crippen LogP contribution is 2.31. The Hall–Kier alpha value is -1.85. The van der Waals surface area contributed by atoms with Crippen LogP contribution < -0.4 is 0 Å². The molecular formula is C17H16ClNO3S. The van der Waals surface area contributed by atoms with Gasteiger partial charge in [-0.3, -0.25) is 4.79 Å². The Labute approximate surface area is 143 Å². The molecule has 4 nitrogen and oxygen atoms in total. The molecule has 23 heavy (non-hydrogen) atoms. The van der Waals surface area contributed by atoms with Gasteiger partial charge in [0.25, 0.3) is 0 Å². The first-order chi connectivity index (χ1) is 11.1. The minimum Gasteiger partial charge on any atom is -0.450 e. The fraction of sp³-hybridized carbons (Fsp3) is 0.294. The SMILES string of the molecule is CCOC(=O)N1CCc2cc(C(=O)c3ccccc3Cl)sc2C1. The van der Waals surface area contributed by atoms with Gasteiger partial charge in [0.05, 0.1) is 23.1 Å². The Bertz CT molecular complexity index is 756. The lowest BCUT2D eigenvalue weighted by Crippen LogP contribution is -2.35. The number of amides is 1. The predicted octanol–water partition coefficient (Wildman–Crippen LogP) is 4.15. The first-order valence-electron chi connectivity index (χ1n) is 7.42. The van der Waals surface area contributed by atoms with E-state index < -0.39 is 0 Å². The van der Waals surface area contributed by atoms with E-state index >= 15 is 0 Å². The molecule has 0 atom stereocenters.